The minimum atomic E-state index is 0.331. The predicted molar refractivity (Wildman–Crippen MR) is 84.1 cm³/mol. The van der Waals surface area contributed by atoms with Crippen LogP contribution in [0.1, 0.15) is 26.2 Å². The Kier molecular flexibility index (Phi) is 5.00. The first kappa shape index (κ1) is 14.8. The first-order chi connectivity index (χ1) is 9.60. The molecule has 1 aliphatic heterocycles. The Balaban J connectivity index is 2.11. The molecule has 6 nitrogen and oxygen atoms in total. The van der Waals surface area contributed by atoms with Crippen molar-refractivity contribution < 1.29 is 0 Å². The van der Waals surface area contributed by atoms with E-state index in [4.69, 9.17) is 5.73 Å². The minimum Gasteiger partial charge on any atom is -0.370 e. The SMILES string of the molecule is CCCNc1cc(N(C)C2CCCN(C)C2)nc(N)n1. The normalized spacial score (nSPS) is 19.9. The summed E-state index contributed by atoms with van der Waals surface area (Å²) in [6, 6.07) is 2.47. The van der Waals surface area contributed by atoms with Crippen LogP contribution in [-0.4, -0.2) is 54.6 Å². The highest BCUT2D eigenvalue weighted by molar-refractivity contribution is 5.52. The molecule has 2 rings (SSSR count). The van der Waals surface area contributed by atoms with Crippen LogP contribution in [0.5, 0.6) is 0 Å². The lowest BCUT2D eigenvalue weighted by Crippen LogP contribution is -2.45. The van der Waals surface area contributed by atoms with E-state index in [-0.39, 0.29) is 0 Å². The molecule has 1 aromatic rings. The van der Waals surface area contributed by atoms with Crippen LogP contribution >= 0.6 is 0 Å². The highest BCUT2D eigenvalue weighted by Crippen LogP contribution is 2.22. The van der Waals surface area contributed by atoms with E-state index in [0.29, 0.717) is 12.0 Å². The Morgan fingerprint density at radius 3 is 3.00 bits per heavy atom. The number of nitrogens with zero attached hydrogens (tertiary/aromatic N) is 4. The molecule has 0 bridgehead atoms. The lowest BCUT2D eigenvalue weighted by molar-refractivity contribution is 0.247. The van der Waals surface area contributed by atoms with E-state index in [1.807, 2.05) is 6.07 Å². The number of nitrogens with one attached hydrogen (secondary N) is 1. The molecular weight excluding hydrogens is 252 g/mol. The summed E-state index contributed by atoms with van der Waals surface area (Å²) in [5, 5.41) is 3.27. The molecule has 2 heterocycles. The van der Waals surface area contributed by atoms with E-state index in [0.717, 1.165) is 31.1 Å². The van der Waals surface area contributed by atoms with Gasteiger partial charge in [-0.05, 0) is 32.9 Å². The first-order valence-corrected chi connectivity index (χ1v) is 7.40. The lowest BCUT2D eigenvalue weighted by Gasteiger charge is -2.36. The van der Waals surface area contributed by atoms with E-state index >= 15 is 0 Å². The van der Waals surface area contributed by atoms with Crippen LogP contribution in [0, 0.1) is 0 Å². The zero-order chi connectivity index (χ0) is 14.5. The number of nitrogen functional groups attached to an aromatic ring is 1. The molecule has 6 heteroatoms. The molecule has 1 saturated heterocycles. The number of rotatable bonds is 5. The average molecular weight is 278 g/mol. The number of likely N-dealkylation sites (tertiary alicyclic amines) is 1. The summed E-state index contributed by atoms with van der Waals surface area (Å²) in [4.78, 5) is 13.2. The number of hydrogen-bond acceptors (Lipinski definition) is 6. The van der Waals surface area contributed by atoms with Gasteiger partial charge < -0.3 is 20.9 Å². The van der Waals surface area contributed by atoms with Crippen molar-refractivity contribution >= 4 is 17.6 Å². The largest absolute Gasteiger partial charge is 0.370 e. The summed E-state index contributed by atoms with van der Waals surface area (Å²) in [5.74, 6) is 2.04. The molecule has 3 N–H and O–H groups in total. The van der Waals surface area contributed by atoms with Crippen LogP contribution in [0.15, 0.2) is 6.07 Å². The van der Waals surface area contributed by atoms with Gasteiger partial charge in [-0.15, -0.1) is 0 Å². The van der Waals surface area contributed by atoms with Gasteiger partial charge >= 0.3 is 0 Å². The Hall–Kier alpha value is -1.56. The van der Waals surface area contributed by atoms with Gasteiger partial charge in [0.15, 0.2) is 0 Å². The fourth-order valence-corrected chi connectivity index (χ4v) is 2.62. The van der Waals surface area contributed by atoms with E-state index < -0.39 is 0 Å². The van der Waals surface area contributed by atoms with E-state index in [1.54, 1.807) is 0 Å². The third-order valence-corrected chi connectivity index (χ3v) is 3.79. The highest BCUT2D eigenvalue weighted by atomic mass is 15.3. The number of piperidine rings is 1. The van der Waals surface area contributed by atoms with Crippen LogP contribution < -0.4 is 16.0 Å². The zero-order valence-corrected chi connectivity index (χ0v) is 12.8. The highest BCUT2D eigenvalue weighted by Gasteiger charge is 2.22. The maximum Gasteiger partial charge on any atom is 0.223 e. The van der Waals surface area contributed by atoms with Crippen molar-refractivity contribution in [2.75, 3.05) is 49.7 Å². The molecule has 1 fully saturated rings. The summed E-state index contributed by atoms with van der Waals surface area (Å²) in [6.07, 6.45) is 3.48. The minimum absolute atomic E-state index is 0.331. The number of anilines is 3. The second-order valence-electron chi connectivity index (χ2n) is 5.57. The monoisotopic (exact) mass is 278 g/mol. The van der Waals surface area contributed by atoms with Crippen molar-refractivity contribution in [1.29, 1.82) is 0 Å². The van der Waals surface area contributed by atoms with Gasteiger partial charge in [-0.25, -0.2) is 0 Å². The van der Waals surface area contributed by atoms with E-state index in [9.17, 15) is 0 Å². The van der Waals surface area contributed by atoms with Crippen molar-refractivity contribution in [2.45, 2.75) is 32.2 Å². The van der Waals surface area contributed by atoms with Crippen LogP contribution in [0.2, 0.25) is 0 Å². The van der Waals surface area contributed by atoms with Gasteiger partial charge in [-0.3, -0.25) is 0 Å². The molecule has 1 aromatic heterocycles. The molecule has 1 unspecified atom stereocenters. The van der Waals surface area contributed by atoms with Gasteiger partial charge in [0, 0.05) is 32.2 Å². The van der Waals surface area contributed by atoms with Crippen LogP contribution in [0.3, 0.4) is 0 Å². The first-order valence-electron chi connectivity index (χ1n) is 7.40. The zero-order valence-electron chi connectivity index (χ0n) is 12.8. The third kappa shape index (κ3) is 3.72. The number of likely N-dealkylation sites (N-methyl/N-ethyl adjacent to an activating group) is 2. The fourth-order valence-electron chi connectivity index (χ4n) is 2.62. The van der Waals surface area contributed by atoms with Gasteiger partial charge in [0.25, 0.3) is 0 Å². The smallest absolute Gasteiger partial charge is 0.223 e. The molecule has 0 aliphatic carbocycles. The average Bonchev–Trinajstić information content (AvgIpc) is 2.43. The van der Waals surface area contributed by atoms with Gasteiger partial charge in [-0.1, -0.05) is 6.92 Å². The Morgan fingerprint density at radius 1 is 1.50 bits per heavy atom. The van der Waals surface area contributed by atoms with Gasteiger partial charge in [0.1, 0.15) is 11.6 Å². The van der Waals surface area contributed by atoms with Gasteiger partial charge in [0.05, 0.1) is 0 Å². The molecule has 0 amide bonds. The molecule has 112 valence electrons. The van der Waals surface area contributed by atoms with Gasteiger partial charge in [-0.2, -0.15) is 9.97 Å². The summed E-state index contributed by atoms with van der Waals surface area (Å²) in [5.41, 5.74) is 5.83. The summed E-state index contributed by atoms with van der Waals surface area (Å²) in [7, 11) is 4.26. The second kappa shape index (κ2) is 6.74. The number of hydrogen-bond donors (Lipinski definition) is 2. The summed E-state index contributed by atoms with van der Waals surface area (Å²) < 4.78 is 0. The topological polar surface area (TPSA) is 70.3 Å². The number of aromatic nitrogens is 2. The Bertz CT molecular complexity index is 436. The van der Waals surface area contributed by atoms with E-state index in [1.165, 1.54) is 19.4 Å². The van der Waals surface area contributed by atoms with Crippen molar-refractivity contribution in [3.05, 3.63) is 6.07 Å². The van der Waals surface area contributed by atoms with Crippen LogP contribution in [0.4, 0.5) is 17.6 Å². The van der Waals surface area contributed by atoms with Crippen molar-refractivity contribution in [2.24, 2.45) is 0 Å². The van der Waals surface area contributed by atoms with Crippen molar-refractivity contribution in [3.63, 3.8) is 0 Å². The molecule has 0 aromatic carbocycles. The fraction of sp³-hybridized carbons (Fsp3) is 0.714. The molecule has 1 aliphatic rings. The number of nitrogens with two attached hydrogens (primary N) is 1. The maximum atomic E-state index is 5.83. The molecule has 0 radical (unpaired) electrons. The summed E-state index contributed by atoms with van der Waals surface area (Å²) in [6.45, 7) is 5.27. The molecule has 0 saturated carbocycles. The Morgan fingerprint density at radius 2 is 2.30 bits per heavy atom. The van der Waals surface area contributed by atoms with Crippen molar-refractivity contribution in [3.8, 4) is 0 Å². The van der Waals surface area contributed by atoms with Gasteiger partial charge in [0.2, 0.25) is 5.95 Å². The quantitative estimate of drug-likeness (QED) is 0.848. The Labute approximate surface area is 121 Å². The molecule has 20 heavy (non-hydrogen) atoms. The molecule has 0 spiro atoms. The molecule has 1 atom stereocenters. The van der Waals surface area contributed by atoms with Crippen LogP contribution in [0.25, 0.3) is 0 Å². The third-order valence-electron chi connectivity index (χ3n) is 3.79. The van der Waals surface area contributed by atoms with Crippen LogP contribution in [-0.2, 0) is 0 Å². The predicted octanol–water partition coefficient (Wildman–Crippen LogP) is 1.41. The summed E-state index contributed by atoms with van der Waals surface area (Å²) >= 11 is 0. The standard InChI is InChI=1S/C14H26N6/c1-4-7-16-12-9-13(18-14(15)17-12)20(3)11-6-5-8-19(2)10-11/h9,11H,4-8,10H2,1-3H3,(H3,15,16,17,18). The van der Waals surface area contributed by atoms with Crippen molar-refractivity contribution in [1.82, 2.24) is 14.9 Å². The van der Waals surface area contributed by atoms with E-state index in [2.05, 4.69) is 46.1 Å². The lowest BCUT2D eigenvalue weighted by atomic mass is 10.1. The maximum absolute atomic E-state index is 5.83. The second-order valence-corrected chi connectivity index (χ2v) is 5.57. The molecular formula is C14H26N6.